The van der Waals surface area contributed by atoms with E-state index in [2.05, 4.69) is 39.2 Å². The largest absolute Gasteiger partial charge is 0.403 e. The van der Waals surface area contributed by atoms with Crippen LogP contribution in [0.4, 0.5) is 0 Å². The Kier molecular flexibility index (Phi) is 3.58. The minimum atomic E-state index is -1.92. The van der Waals surface area contributed by atoms with Gasteiger partial charge in [-0.05, 0) is 23.7 Å². The van der Waals surface area contributed by atoms with Gasteiger partial charge in [0.1, 0.15) is 6.10 Å². The van der Waals surface area contributed by atoms with Crippen molar-refractivity contribution >= 4 is 14.2 Å². The zero-order chi connectivity index (χ0) is 14.3. The van der Waals surface area contributed by atoms with Crippen molar-refractivity contribution in [1.82, 2.24) is 5.32 Å². The second-order valence-corrected chi connectivity index (χ2v) is 11.5. The Morgan fingerprint density at radius 3 is 2.21 bits per heavy atom. The highest BCUT2D eigenvalue weighted by atomic mass is 28.4. The average Bonchev–Trinajstić information content (AvgIpc) is 2.33. The predicted octanol–water partition coefficient (Wildman–Crippen LogP) is 3.25. The van der Waals surface area contributed by atoms with Gasteiger partial charge in [0, 0.05) is 0 Å². The molecule has 1 saturated heterocycles. The fourth-order valence-corrected chi connectivity index (χ4v) is 3.13. The van der Waals surface area contributed by atoms with Crippen LogP contribution >= 0.6 is 0 Å². The summed E-state index contributed by atoms with van der Waals surface area (Å²) in [5, 5.41) is 3.06. The number of benzene rings is 1. The standard InChI is InChI=1S/C15H23NO2Si/c1-15(2,3)19(4,5)18-13-12(16-14(13)17)11-9-7-6-8-10-11/h6-10,12-13H,1-5H3,(H,16,17)/t12-,13+/m1/s1. The van der Waals surface area contributed by atoms with Crippen LogP contribution < -0.4 is 5.32 Å². The molecule has 1 heterocycles. The molecule has 2 atom stereocenters. The summed E-state index contributed by atoms with van der Waals surface area (Å²) in [6, 6.07) is 10.0. The van der Waals surface area contributed by atoms with Crippen molar-refractivity contribution in [3.63, 3.8) is 0 Å². The third kappa shape index (κ3) is 2.74. The van der Waals surface area contributed by atoms with E-state index in [1.54, 1.807) is 0 Å². The Hall–Kier alpha value is -1.13. The summed E-state index contributed by atoms with van der Waals surface area (Å²) >= 11 is 0. The first-order chi connectivity index (χ1) is 8.72. The molecule has 1 aromatic carbocycles. The van der Waals surface area contributed by atoms with Crippen LogP contribution in [-0.4, -0.2) is 20.3 Å². The lowest BCUT2D eigenvalue weighted by Crippen LogP contribution is -2.61. The van der Waals surface area contributed by atoms with E-state index in [1.165, 1.54) is 0 Å². The lowest BCUT2D eigenvalue weighted by molar-refractivity contribution is -0.141. The highest BCUT2D eigenvalue weighted by Gasteiger charge is 2.48. The minimum Gasteiger partial charge on any atom is -0.403 e. The van der Waals surface area contributed by atoms with E-state index in [1.807, 2.05) is 30.3 Å². The fourth-order valence-electron chi connectivity index (χ4n) is 1.90. The highest BCUT2D eigenvalue weighted by molar-refractivity contribution is 6.74. The van der Waals surface area contributed by atoms with Crippen molar-refractivity contribution in [3.05, 3.63) is 35.9 Å². The summed E-state index contributed by atoms with van der Waals surface area (Å²) in [7, 11) is -1.92. The molecular weight excluding hydrogens is 254 g/mol. The highest BCUT2D eigenvalue weighted by Crippen LogP contribution is 2.40. The van der Waals surface area contributed by atoms with Crippen LogP contribution in [0.2, 0.25) is 18.1 Å². The average molecular weight is 277 g/mol. The van der Waals surface area contributed by atoms with Crippen molar-refractivity contribution in [2.75, 3.05) is 0 Å². The normalized spacial score (nSPS) is 23.7. The van der Waals surface area contributed by atoms with Gasteiger partial charge in [-0.15, -0.1) is 0 Å². The van der Waals surface area contributed by atoms with Crippen molar-refractivity contribution in [2.45, 2.75) is 51.0 Å². The molecule has 0 bridgehead atoms. The molecule has 1 amide bonds. The van der Waals surface area contributed by atoms with E-state index in [0.29, 0.717) is 0 Å². The summed E-state index contributed by atoms with van der Waals surface area (Å²) in [6.45, 7) is 10.9. The number of rotatable bonds is 3. The molecule has 0 aliphatic carbocycles. The molecule has 0 aromatic heterocycles. The number of amides is 1. The SMILES string of the molecule is CC(C)(C)[Si](C)(C)O[C@@H]1C(=O)N[C@@H]1c1ccccc1. The van der Waals surface area contributed by atoms with E-state index >= 15 is 0 Å². The number of carbonyl (C=O) groups excluding carboxylic acids is 1. The second kappa shape index (κ2) is 4.76. The fraction of sp³-hybridized carbons (Fsp3) is 0.533. The molecule has 1 fully saturated rings. The third-order valence-corrected chi connectivity index (χ3v) is 8.70. The van der Waals surface area contributed by atoms with Crippen molar-refractivity contribution in [3.8, 4) is 0 Å². The number of nitrogens with one attached hydrogen (secondary N) is 1. The Labute approximate surface area is 116 Å². The Balaban J connectivity index is 2.14. The molecule has 0 radical (unpaired) electrons. The maximum absolute atomic E-state index is 11.8. The van der Waals surface area contributed by atoms with Gasteiger partial charge in [0.15, 0.2) is 8.32 Å². The smallest absolute Gasteiger partial charge is 0.251 e. The van der Waals surface area contributed by atoms with E-state index in [-0.39, 0.29) is 23.1 Å². The number of hydrogen-bond acceptors (Lipinski definition) is 2. The van der Waals surface area contributed by atoms with Gasteiger partial charge in [-0.2, -0.15) is 0 Å². The first kappa shape index (κ1) is 14.3. The molecule has 0 spiro atoms. The molecule has 2 rings (SSSR count). The zero-order valence-corrected chi connectivity index (χ0v) is 13.4. The summed E-state index contributed by atoms with van der Waals surface area (Å²) in [5.74, 6) is 0.0127. The van der Waals surface area contributed by atoms with Gasteiger partial charge in [-0.3, -0.25) is 4.79 Å². The van der Waals surface area contributed by atoms with Gasteiger partial charge in [-0.1, -0.05) is 51.1 Å². The lowest BCUT2D eigenvalue weighted by Gasteiger charge is -2.45. The van der Waals surface area contributed by atoms with Gasteiger partial charge in [0.2, 0.25) is 0 Å². The van der Waals surface area contributed by atoms with Gasteiger partial charge in [0.25, 0.3) is 5.91 Å². The van der Waals surface area contributed by atoms with Crippen molar-refractivity contribution in [2.24, 2.45) is 0 Å². The summed E-state index contributed by atoms with van der Waals surface area (Å²) in [6.07, 6.45) is -0.330. The Bertz CT molecular complexity index is 465. The van der Waals surface area contributed by atoms with Crippen LogP contribution in [-0.2, 0) is 9.22 Å². The molecule has 4 heteroatoms. The van der Waals surface area contributed by atoms with E-state index in [0.717, 1.165) is 5.56 Å². The van der Waals surface area contributed by atoms with E-state index < -0.39 is 8.32 Å². The first-order valence-corrected chi connectivity index (χ1v) is 9.66. The van der Waals surface area contributed by atoms with Crippen molar-refractivity contribution < 1.29 is 9.22 Å². The van der Waals surface area contributed by atoms with Crippen LogP contribution in [0.15, 0.2) is 30.3 Å². The van der Waals surface area contributed by atoms with Crippen LogP contribution in [0.5, 0.6) is 0 Å². The van der Waals surface area contributed by atoms with Crippen LogP contribution in [0.25, 0.3) is 0 Å². The van der Waals surface area contributed by atoms with Crippen molar-refractivity contribution in [1.29, 1.82) is 0 Å². The molecule has 1 aliphatic heterocycles. The molecule has 0 saturated carbocycles. The second-order valence-electron chi connectivity index (χ2n) is 6.70. The maximum atomic E-state index is 11.8. The zero-order valence-electron chi connectivity index (χ0n) is 12.4. The van der Waals surface area contributed by atoms with E-state index in [4.69, 9.17) is 4.43 Å². The molecule has 1 N–H and O–H groups in total. The lowest BCUT2D eigenvalue weighted by atomic mass is 9.94. The monoisotopic (exact) mass is 277 g/mol. The predicted molar refractivity (Wildman–Crippen MR) is 79.4 cm³/mol. The Morgan fingerprint density at radius 1 is 1.16 bits per heavy atom. The summed E-state index contributed by atoms with van der Waals surface area (Å²) in [5.41, 5.74) is 1.12. The first-order valence-electron chi connectivity index (χ1n) is 6.75. The molecule has 19 heavy (non-hydrogen) atoms. The molecule has 0 unspecified atom stereocenters. The maximum Gasteiger partial charge on any atom is 0.251 e. The summed E-state index contributed by atoms with van der Waals surface area (Å²) < 4.78 is 6.24. The molecule has 1 aliphatic rings. The molecule has 104 valence electrons. The summed E-state index contributed by atoms with van der Waals surface area (Å²) in [4.78, 5) is 11.8. The Morgan fingerprint density at radius 2 is 1.74 bits per heavy atom. The number of carbonyl (C=O) groups is 1. The van der Waals surface area contributed by atoms with Gasteiger partial charge in [0.05, 0.1) is 6.04 Å². The molecule has 1 aromatic rings. The minimum absolute atomic E-state index is 0.00262. The van der Waals surface area contributed by atoms with Gasteiger partial charge in [-0.25, -0.2) is 0 Å². The topological polar surface area (TPSA) is 38.3 Å². The third-order valence-electron chi connectivity index (χ3n) is 4.25. The number of hydrogen-bond donors (Lipinski definition) is 1. The van der Waals surface area contributed by atoms with E-state index in [9.17, 15) is 4.79 Å². The quantitative estimate of drug-likeness (QED) is 0.680. The van der Waals surface area contributed by atoms with Crippen LogP contribution in [0, 0.1) is 0 Å². The number of β-lactam (4-membered cyclic amide) rings is 1. The molecular formula is C15H23NO2Si. The molecule has 3 nitrogen and oxygen atoms in total. The van der Waals surface area contributed by atoms with Gasteiger partial charge < -0.3 is 9.74 Å². The van der Waals surface area contributed by atoms with Gasteiger partial charge >= 0.3 is 0 Å². The van der Waals surface area contributed by atoms with Crippen LogP contribution in [0.1, 0.15) is 32.4 Å². The van der Waals surface area contributed by atoms with Crippen LogP contribution in [0.3, 0.4) is 0 Å².